The highest BCUT2D eigenvalue weighted by molar-refractivity contribution is 7.89. The molecule has 0 bridgehead atoms. The molecule has 0 fully saturated rings. The minimum Gasteiger partial charge on any atom is -0.492 e. The molecule has 3 rings (SSSR count). The number of sulfonamides is 1. The molecule has 0 saturated heterocycles. The highest BCUT2D eigenvalue weighted by atomic mass is 32.2. The van der Waals surface area contributed by atoms with E-state index in [9.17, 15) is 8.42 Å². The van der Waals surface area contributed by atoms with Crippen LogP contribution in [0, 0.1) is 6.92 Å². The first-order valence-electron chi connectivity index (χ1n) is 7.56. The van der Waals surface area contributed by atoms with Crippen LogP contribution in [0.25, 0.3) is 10.9 Å². The van der Waals surface area contributed by atoms with E-state index in [2.05, 4.69) is 10.2 Å². The van der Waals surface area contributed by atoms with E-state index in [1.54, 1.807) is 31.4 Å². The predicted octanol–water partition coefficient (Wildman–Crippen LogP) is 2.57. The molecule has 0 radical (unpaired) electrons. The number of likely N-dealkylation sites (N-methyl/N-ethyl adjacent to an activating group) is 1. The van der Waals surface area contributed by atoms with Gasteiger partial charge >= 0.3 is 0 Å². The second-order valence-corrected chi connectivity index (χ2v) is 7.65. The summed E-state index contributed by atoms with van der Waals surface area (Å²) in [6.07, 6.45) is 1.66. The summed E-state index contributed by atoms with van der Waals surface area (Å²) in [7, 11) is -2.02. The number of nitrogens with zero attached hydrogens (tertiary/aromatic N) is 2. The van der Waals surface area contributed by atoms with Gasteiger partial charge in [0.05, 0.1) is 16.6 Å². The maximum absolute atomic E-state index is 12.6. The van der Waals surface area contributed by atoms with E-state index in [0.29, 0.717) is 5.52 Å². The Morgan fingerprint density at radius 1 is 1.17 bits per heavy atom. The van der Waals surface area contributed by atoms with Gasteiger partial charge in [-0.1, -0.05) is 17.7 Å². The van der Waals surface area contributed by atoms with E-state index >= 15 is 0 Å². The first-order valence-corrected chi connectivity index (χ1v) is 9.00. The standard InChI is InChI=1S/C17H19N3O3S/c1-13-3-6-15(7-4-13)23-10-9-20(2)24(21,22)16-8-5-14-12-18-19-17(14)11-16/h3-8,11-12H,9-10H2,1-2H3,(H,18,19). The first-order chi connectivity index (χ1) is 11.5. The van der Waals surface area contributed by atoms with Crippen LogP contribution < -0.4 is 4.74 Å². The number of aromatic nitrogens is 2. The van der Waals surface area contributed by atoms with E-state index in [1.165, 1.54) is 4.31 Å². The fourth-order valence-electron chi connectivity index (χ4n) is 2.30. The van der Waals surface area contributed by atoms with Crippen LogP contribution in [0.3, 0.4) is 0 Å². The van der Waals surface area contributed by atoms with Crippen molar-refractivity contribution in [2.45, 2.75) is 11.8 Å². The third-order valence-electron chi connectivity index (χ3n) is 3.82. The van der Waals surface area contributed by atoms with Gasteiger partial charge in [-0.3, -0.25) is 5.10 Å². The van der Waals surface area contributed by atoms with Crippen molar-refractivity contribution >= 4 is 20.9 Å². The zero-order valence-corrected chi connectivity index (χ0v) is 14.4. The van der Waals surface area contributed by atoms with Crippen molar-refractivity contribution in [1.82, 2.24) is 14.5 Å². The number of aryl methyl sites for hydroxylation is 1. The van der Waals surface area contributed by atoms with Crippen molar-refractivity contribution in [1.29, 1.82) is 0 Å². The number of hydrogen-bond donors (Lipinski definition) is 1. The van der Waals surface area contributed by atoms with Gasteiger partial charge in [0.25, 0.3) is 0 Å². The lowest BCUT2D eigenvalue weighted by Gasteiger charge is -2.17. The molecule has 24 heavy (non-hydrogen) atoms. The third kappa shape index (κ3) is 3.42. The molecular formula is C17H19N3O3S. The minimum absolute atomic E-state index is 0.233. The lowest BCUT2D eigenvalue weighted by molar-refractivity contribution is 0.287. The monoisotopic (exact) mass is 345 g/mol. The van der Waals surface area contributed by atoms with Gasteiger partial charge in [-0.25, -0.2) is 8.42 Å². The van der Waals surface area contributed by atoms with E-state index in [-0.39, 0.29) is 18.0 Å². The Labute approximate surface area is 141 Å². The molecule has 6 nitrogen and oxygen atoms in total. The van der Waals surface area contributed by atoms with Crippen LogP contribution in [0.5, 0.6) is 5.75 Å². The third-order valence-corrected chi connectivity index (χ3v) is 5.67. The molecule has 1 heterocycles. The normalized spacial score (nSPS) is 12.0. The zero-order chi connectivity index (χ0) is 17.2. The molecule has 0 aliphatic carbocycles. The molecule has 0 amide bonds. The fourth-order valence-corrected chi connectivity index (χ4v) is 3.48. The van der Waals surface area contributed by atoms with Gasteiger partial charge in [-0.2, -0.15) is 9.40 Å². The molecular weight excluding hydrogens is 326 g/mol. The van der Waals surface area contributed by atoms with Crippen LogP contribution in [0.2, 0.25) is 0 Å². The van der Waals surface area contributed by atoms with Crippen molar-refractivity contribution in [2.75, 3.05) is 20.2 Å². The molecule has 126 valence electrons. The Hall–Kier alpha value is -2.38. The maximum Gasteiger partial charge on any atom is 0.243 e. The summed E-state index contributed by atoms with van der Waals surface area (Å²) in [6.45, 7) is 2.54. The van der Waals surface area contributed by atoms with Gasteiger partial charge < -0.3 is 4.74 Å². The average Bonchev–Trinajstić information content (AvgIpc) is 3.04. The molecule has 0 spiro atoms. The number of benzene rings is 2. The molecule has 0 aliphatic heterocycles. The van der Waals surface area contributed by atoms with E-state index in [0.717, 1.165) is 16.7 Å². The molecule has 0 saturated carbocycles. The Kier molecular flexibility index (Phi) is 4.55. The lowest BCUT2D eigenvalue weighted by atomic mass is 10.2. The predicted molar refractivity (Wildman–Crippen MR) is 92.6 cm³/mol. The average molecular weight is 345 g/mol. The summed E-state index contributed by atoms with van der Waals surface area (Å²) in [5.74, 6) is 0.727. The Balaban J connectivity index is 1.66. The van der Waals surface area contributed by atoms with E-state index in [1.807, 2.05) is 31.2 Å². The number of nitrogens with one attached hydrogen (secondary N) is 1. The van der Waals surface area contributed by atoms with Crippen LogP contribution in [0.15, 0.2) is 53.6 Å². The molecule has 7 heteroatoms. The lowest BCUT2D eigenvalue weighted by Crippen LogP contribution is -2.31. The number of hydrogen-bond acceptors (Lipinski definition) is 4. The second-order valence-electron chi connectivity index (χ2n) is 5.61. The SMILES string of the molecule is Cc1ccc(OCCN(C)S(=O)(=O)c2ccc3cn[nH]c3c2)cc1. The summed E-state index contributed by atoms with van der Waals surface area (Å²) >= 11 is 0. The van der Waals surface area contributed by atoms with E-state index in [4.69, 9.17) is 4.74 Å². The summed E-state index contributed by atoms with van der Waals surface area (Å²) in [6, 6.07) is 12.6. The molecule has 0 unspecified atom stereocenters. The van der Waals surface area contributed by atoms with Gasteiger partial charge in [-0.05, 0) is 37.3 Å². The van der Waals surface area contributed by atoms with Crippen LogP contribution in [0.1, 0.15) is 5.56 Å². The van der Waals surface area contributed by atoms with Gasteiger partial charge in [0.15, 0.2) is 0 Å². The van der Waals surface area contributed by atoms with Crippen molar-refractivity contribution in [3.05, 3.63) is 54.2 Å². The van der Waals surface area contributed by atoms with Crippen LogP contribution >= 0.6 is 0 Å². The Morgan fingerprint density at radius 2 is 1.92 bits per heavy atom. The van der Waals surface area contributed by atoms with E-state index < -0.39 is 10.0 Å². The smallest absolute Gasteiger partial charge is 0.243 e. The number of H-pyrrole nitrogens is 1. The van der Waals surface area contributed by atoms with Crippen LogP contribution in [0.4, 0.5) is 0 Å². The number of aromatic amines is 1. The Morgan fingerprint density at radius 3 is 2.67 bits per heavy atom. The zero-order valence-electron chi connectivity index (χ0n) is 13.6. The van der Waals surface area contributed by atoms with Gasteiger partial charge in [0.1, 0.15) is 12.4 Å². The summed E-state index contributed by atoms with van der Waals surface area (Å²) in [5, 5.41) is 7.56. The molecule has 1 N–H and O–H groups in total. The molecule has 2 aromatic carbocycles. The molecule has 0 atom stereocenters. The summed E-state index contributed by atoms with van der Waals surface area (Å²) in [4.78, 5) is 0.233. The van der Waals surface area contributed by atoms with Crippen LogP contribution in [-0.4, -0.2) is 43.1 Å². The molecule has 1 aromatic heterocycles. The van der Waals surface area contributed by atoms with Gasteiger partial charge in [0, 0.05) is 19.0 Å². The number of fused-ring (bicyclic) bond motifs is 1. The second kappa shape index (κ2) is 6.62. The quantitative estimate of drug-likeness (QED) is 0.745. The van der Waals surface area contributed by atoms with Crippen molar-refractivity contribution in [3.63, 3.8) is 0 Å². The summed E-state index contributed by atoms with van der Waals surface area (Å²) < 4.78 is 32.1. The highest BCUT2D eigenvalue weighted by Gasteiger charge is 2.21. The van der Waals surface area contributed by atoms with Crippen LogP contribution in [-0.2, 0) is 10.0 Å². The minimum atomic E-state index is -3.56. The first kappa shape index (κ1) is 16.5. The fraction of sp³-hybridized carbons (Fsp3) is 0.235. The number of ether oxygens (including phenoxy) is 1. The van der Waals surface area contributed by atoms with Crippen molar-refractivity contribution < 1.29 is 13.2 Å². The highest BCUT2D eigenvalue weighted by Crippen LogP contribution is 2.19. The van der Waals surface area contributed by atoms with Gasteiger partial charge in [0.2, 0.25) is 10.0 Å². The van der Waals surface area contributed by atoms with Crippen molar-refractivity contribution in [3.8, 4) is 5.75 Å². The Bertz CT molecular complexity index is 933. The largest absolute Gasteiger partial charge is 0.492 e. The van der Waals surface area contributed by atoms with Crippen molar-refractivity contribution in [2.24, 2.45) is 0 Å². The number of rotatable bonds is 6. The summed E-state index contributed by atoms with van der Waals surface area (Å²) in [5.41, 5.74) is 1.84. The molecule has 0 aliphatic rings. The maximum atomic E-state index is 12.6. The topological polar surface area (TPSA) is 75.3 Å². The molecule has 3 aromatic rings. The van der Waals surface area contributed by atoms with Gasteiger partial charge in [-0.15, -0.1) is 0 Å².